The lowest BCUT2D eigenvalue weighted by molar-refractivity contribution is -0.151. The molecule has 1 heterocycles. The van der Waals surface area contributed by atoms with Crippen LogP contribution in [0.25, 0.3) is 10.8 Å². The molecule has 8 nitrogen and oxygen atoms in total. The summed E-state index contributed by atoms with van der Waals surface area (Å²) in [4.78, 5) is 47.5. The lowest BCUT2D eigenvalue weighted by Crippen LogP contribution is -2.59. The molecule has 1 aromatic heterocycles. The number of hydrogen-bond donors (Lipinski definition) is 3. The molecular formula is C16H17N3O5. The number of aromatic amines is 1. The lowest BCUT2D eigenvalue weighted by atomic mass is 9.76. The van der Waals surface area contributed by atoms with Crippen molar-refractivity contribution in [2.75, 3.05) is 0 Å². The molecule has 1 amide bonds. The van der Waals surface area contributed by atoms with Gasteiger partial charge in [0.2, 0.25) is 5.91 Å². The molecule has 0 unspecified atom stereocenters. The Labute approximate surface area is 136 Å². The fraction of sp³-hybridized carbons (Fsp3) is 0.375. The summed E-state index contributed by atoms with van der Waals surface area (Å²) in [6.45, 7) is -0.0273. The minimum absolute atomic E-state index is 0.0273. The van der Waals surface area contributed by atoms with Gasteiger partial charge in [0.15, 0.2) is 0 Å². The van der Waals surface area contributed by atoms with E-state index in [1.54, 1.807) is 24.3 Å². The largest absolute Gasteiger partial charge is 0.480 e. The summed E-state index contributed by atoms with van der Waals surface area (Å²) in [6.07, 6.45) is 1.47. The molecule has 0 saturated heterocycles. The Kier molecular flexibility index (Phi) is 3.96. The predicted molar refractivity (Wildman–Crippen MR) is 85.8 cm³/mol. The van der Waals surface area contributed by atoms with Gasteiger partial charge >= 0.3 is 5.97 Å². The van der Waals surface area contributed by atoms with Crippen molar-refractivity contribution in [2.24, 2.45) is 0 Å². The zero-order valence-corrected chi connectivity index (χ0v) is 12.9. The molecule has 0 aliphatic heterocycles. The zero-order chi connectivity index (χ0) is 17.3. The molecule has 1 aliphatic carbocycles. The number of nitrogens with zero attached hydrogens (tertiary/aromatic N) is 1. The van der Waals surface area contributed by atoms with E-state index in [9.17, 15) is 24.3 Å². The van der Waals surface area contributed by atoms with Gasteiger partial charge in [-0.25, -0.2) is 9.48 Å². The smallest absolute Gasteiger partial charge is 0.329 e. The fourth-order valence-corrected chi connectivity index (χ4v) is 2.87. The molecule has 1 aromatic carbocycles. The maximum atomic E-state index is 12.3. The van der Waals surface area contributed by atoms with E-state index in [4.69, 9.17) is 0 Å². The third-order valence-electron chi connectivity index (χ3n) is 4.44. The van der Waals surface area contributed by atoms with Gasteiger partial charge in [-0.15, -0.1) is 0 Å². The SMILES string of the molecule is O=C(CCn1[nH]c(=O)c2ccccc2c1=O)NC1(C(=O)O)CCC1. The van der Waals surface area contributed by atoms with Crippen molar-refractivity contribution >= 4 is 22.6 Å². The highest BCUT2D eigenvalue weighted by Gasteiger charge is 2.45. The van der Waals surface area contributed by atoms with E-state index in [-0.39, 0.29) is 18.4 Å². The minimum atomic E-state index is -1.18. The average Bonchev–Trinajstić information content (AvgIpc) is 2.52. The summed E-state index contributed by atoms with van der Waals surface area (Å²) in [5, 5.41) is 14.7. The highest BCUT2D eigenvalue weighted by Crippen LogP contribution is 2.32. The molecule has 3 N–H and O–H groups in total. The Hall–Kier alpha value is -2.90. The summed E-state index contributed by atoms with van der Waals surface area (Å²) in [7, 11) is 0. The number of carboxylic acid groups (broad SMARTS) is 1. The van der Waals surface area contributed by atoms with Crippen LogP contribution < -0.4 is 16.4 Å². The van der Waals surface area contributed by atoms with E-state index in [0.717, 1.165) is 11.1 Å². The second kappa shape index (κ2) is 5.95. The van der Waals surface area contributed by atoms with Crippen LogP contribution in [-0.2, 0) is 16.1 Å². The zero-order valence-electron chi connectivity index (χ0n) is 12.9. The van der Waals surface area contributed by atoms with Crippen molar-refractivity contribution in [1.82, 2.24) is 15.1 Å². The summed E-state index contributed by atoms with van der Waals surface area (Å²) < 4.78 is 1.08. The minimum Gasteiger partial charge on any atom is -0.480 e. The quantitative estimate of drug-likeness (QED) is 0.723. The summed E-state index contributed by atoms with van der Waals surface area (Å²) >= 11 is 0. The number of fused-ring (bicyclic) bond motifs is 1. The van der Waals surface area contributed by atoms with Crippen LogP contribution in [0.5, 0.6) is 0 Å². The molecule has 0 bridgehead atoms. The Bertz CT molecular complexity index is 923. The van der Waals surface area contributed by atoms with Crippen molar-refractivity contribution in [1.29, 1.82) is 0 Å². The maximum Gasteiger partial charge on any atom is 0.329 e. The van der Waals surface area contributed by atoms with Crippen LogP contribution in [0.4, 0.5) is 0 Å². The molecule has 1 saturated carbocycles. The standard InChI is InChI=1S/C16H17N3O5/c20-12(17-16(15(23)24)7-3-8-16)6-9-19-14(22)11-5-2-1-4-10(11)13(21)18-19/h1-2,4-5H,3,6-9H2,(H,17,20)(H,18,21)(H,23,24). The van der Waals surface area contributed by atoms with Crippen molar-refractivity contribution in [3.63, 3.8) is 0 Å². The van der Waals surface area contributed by atoms with Gasteiger partial charge in [0, 0.05) is 6.42 Å². The van der Waals surface area contributed by atoms with Crippen LogP contribution in [0.3, 0.4) is 0 Å². The van der Waals surface area contributed by atoms with Crippen LogP contribution in [0.15, 0.2) is 33.9 Å². The molecule has 1 fully saturated rings. The third-order valence-corrected chi connectivity index (χ3v) is 4.44. The molecule has 0 atom stereocenters. The first-order valence-corrected chi connectivity index (χ1v) is 7.69. The number of rotatable bonds is 5. The van der Waals surface area contributed by atoms with Gasteiger partial charge in [-0.05, 0) is 31.4 Å². The molecule has 8 heteroatoms. The number of hydrogen-bond acceptors (Lipinski definition) is 4. The summed E-state index contributed by atoms with van der Waals surface area (Å²) in [5.41, 5.74) is -1.99. The first-order chi connectivity index (χ1) is 11.4. The Morgan fingerprint density at radius 2 is 1.88 bits per heavy atom. The molecule has 2 aromatic rings. The number of H-pyrrole nitrogens is 1. The molecule has 0 radical (unpaired) electrons. The molecule has 1 aliphatic rings. The highest BCUT2D eigenvalue weighted by atomic mass is 16.4. The van der Waals surface area contributed by atoms with E-state index in [2.05, 4.69) is 10.4 Å². The van der Waals surface area contributed by atoms with Crippen molar-refractivity contribution < 1.29 is 14.7 Å². The summed E-state index contributed by atoms with van der Waals surface area (Å²) in [5.74, 6) is -1.50. The number of carboxylic acids is 1. The monoisotopic (exact) mass is 331 g/mol. The Morgan fingerprint density at radius 1 is 1.21 bits per heavy atom. The third kappa shape index (κ3) is 2.70. The normalized spacial score (nSPS) is 15.7. The van der Waals surface area contributed by atoms with Crippen LogP contribution >= 0.6 is 0 Å². The van der Waals surface area contributed by atoms with Gasteiger partial charge in [0.1, 0.15) is 5.54 Å². The second-order valence-corrected chi connectivity index (χ2v) is 5.98. The topological polar surface area (TPSA) is 121 Å². The van der Waals surface area contributed by atoms with E-state index in [0.29, 0.717) is 18.2 Å². The molecule has 126 valence electrons. The Balaban J connectivity index is 1.75. The van der Waals surface area contributed by atoms with Gasteiger partial charge in [0.05, 0.1) is 17.3 Å². The number of amides is 1. The fourth-order valence-electron chi connectivity index (χ4n) is 2.87. The number of carbonyl (C=O) groups excluding carboxylic acids is 1. The van der Waals surface area contributed by atoms with Crippen LogP contribution in [0, 0.1) is 0 Å². The van der Waals surface area contributed by atoms with Gasteiger partial charge in [-0.3, -0.25) is 19.5 Å². The number of aromatic nitrogens is 2. The van der Waals surface area contributed by atoms with E-state index in [1.165, 1.54) is 0 Å². The first kappa shape index (κ1) is 16.0. The molecule has 0 spiro atoms. The Morgan fingerprint density at radius 3 is 2.46 bits per heavy atom. The number of benzene rings is 1. The second-order valence-electron chi connectivity index (χ2n) is 5.98. The molecule has 24 heavy (non-hydrogen) atoms. The van der Waals surface area contributed by atoms with Crippen LogP contribution in [0.2, 0.25) is 0 Å². The number of aliphatic carboxylic acids is 1. The number of carbonyl (C=O) groups is 2. The maximum absolute atomic E-state index is 12.3. The summed E-state index contributed by atoms with van der Waals surface area (Å²) in [6, 6.07) is 6.43. The van der Waals surface area contributed by atoms with Gasteiger partial charge in [-0.1, -0.05) is 12.1 Å². The number of nitrogens with one attached hydrogen (secondary N) is 2. The van der Waals surface area contributed by atoms with Crippen molar-refractivity contribution in [3.8, 4) is 0 Å². The van der Waals surface area contributed by atoms with Gasteiger partial charge < -0.3 is 10.4 Å². The van der Waals surface area contributed by atoms with Gasteiger partial charge in [0.25, 0.3) is 11.1 Å². The first-order valence-electron chi connectivity index (χ1n) is 7.69. The van der Waals surface area contributed by atoms with Gasteiger partial charge in [-0.2, -0.15) is 0 Å². The lowest BCUT2D eigenvalue weighted by Gasteiger charge is -2.38. The van der Waals surface area contributed by atoms with Crippen LogP contribution in [-0.4, -0.2) is 32.3 Å². The van der Waals surface area contributed by atoms with Crippen LogP contribution in [0.1, 0.15) is 25.7 Å². The molecular weight excluding hydrogens is 314 g/mol. The molecule has 3 rings (SSSR count). The van der Waals surface area contributed by atoms with E-state index < -0.39 is 28.5 Å². The van der Waals surface area contributed by atoms with E-state index >= 15 is 0 Å². The number of aryl methyl sites for hydroxylation is 1. The highest BCUT2D eigenvalue weighted by molar-refractivity contribution is 5.87. The van der Waals surface area contributed by atoms with E-state index in [1.807, 2.05) is 0 Å². The van der Waals surface area contributed by atoms with Crippen molar-refractivity contribution in [2.45, 2.75) is 37.8 Å². The average molecular weight is 331 g/mol. The van der Waals surface area contributed by atoms with Crippen molar-refractivity contribution in [3.05, 3.63) is 45.0 Å². The predicted octanol–water partition coefficient (Wildman–Crippen LogP) is 0.203.